The first kappa shape index (κ1) is 47.0. The summed E-state index contributed by atoms with van der Waals surface area (Å²) >= 11 is 0. The van der Waals surface area contributed by atoms with E-state index in [4.69, 9.17) is 9.05 Å². The van der Waals surface area contributed by atoms with Gasteiger partial charge < -0.3 is 19.8 Å². The van der Waals surface area contributed by atoms with Gasteiger partial charge in [0.2, 0.25) is 5.91 Å². The Morgan fingerprint density at radius 2 is 1.19 bits per heavy atom. The Hall–Kier alpha value is -1.02. The fourth-order valence-electron chi connectivity index (χ4n) is 5.49. The van der Waals surface area contributed by atoms with Crippen molar-refractivity contribution in [3.05, 3.63) is 24.3 Å². The highest BCUT2D eigenvalue weighted by atomic mass is 31.2. The standard InChI is InChI=1S/C39H77N2O6P/c1-6-8-10-12-13-14-15-16-17-18-19-20-21-22-23-24-25-26-27-29-31-33-39(43)40-37(38(42)32-30-28-11-9-7-2)36-47-48(44,45)46-35-34-41(3,4)5/h15-16,18-19,37-38,42H,6-14,17,20-36H2,1-5H3,(H-,40,43,44,45)/p+1/b16-15-,19-18-. The summed E-state index contributed by atoms with van der Waals surface area (Å²) in [6.07, 6.45) is 35.3. The number of likely N-dealkylation sites (N-methyl/N-ethyl adjacent to an activating group) is 1. The third-order valence-corrected chi connectivity index (χ3v) is 9.69. The number of carbonyl (C=O) groups excluding carboxylic acids is 1. The molecule has 0 aromatic heterocycles. The van der Waals surface area contributed by atoms with Crippen LogP contribution in [-0.4, -0.2) is 73.4 Å². The number of carbonyl (C=O) groups is 1. The van der Waals surface area contributed by atoms with Crippen molar-refractivity contribution in [3.8, 4) is 0 Å². The van der Waals surface area contributed by atoms with E-state index in [2.05, 4.69) is 43.5 Å². The molecule has 9 heteroatoms. The molecular formula is C39H78N2O6P+. The molecule has 0 aromatic rings. The Labute approximate surface area is 296 Å². The van der Waals surface area contributed by atoms with E-state index < -0.39 is 20.0 Å². The van der Waals surface area contributed by atoms with Crippen molar-refractivity contribution in [2.24, 2.45) is 0 Å². The van der Waals surface area contributed by atoms with Gasteiger partial charge in [-0.25, -0.2) is 4.57 Å². The van der Waals surface area contributed by atoms with Crippen LogP contribution in [0.5, 0.6) is 0 Å². The van der Waals surface area contributed by atoms with Gasteiger partial charge in [-0.3, -0.25) is 13.8 Å². The van der Waals surface area contributed by atoms with Crippen LogP contribution in [0.1, 0.15) is 168 Å². The fourth-order valence-corrected chi connectivity index (χ4v) is 6.22. The molecule has 0 aliphatic carbocycles. The molecule has 0 rings (SSSR count). The normalized spacial score (nSPS) is 14.9. The van der Waals surface area contributed by atoms with Crippen molar-refractivity contribution in [2.45, 2.75) is 180 Å². The minimum absolute atomic E-state index is 0.0729. The van der Waals surface area contributed by atoms with Gasteiger partial charge in [0.1, 0.15) is 13.2 Å². The zero-order chi connectivity index (χ0) is 35.8. The number of aliphatic hydroxyl groups excluding tert-OH is 1. The number of hydrogen-bond donors (Lipinski definition) is 3. The van der Waals surface area contributed by atoms with E-state index in [0.717, 1.165) is 57.8 Å². The van der Waals surface area contributed by atoms with E-state index >= 15 is 0 Å². The minimum Gasteiger partial charge on any atom is -0.391 e. The highest BCUT2D eigenvalue weighted by molar-refractivity contribution is 7.47. The van der Waals surface area contributed by atoms with Crippen LogP contribution >= 0.6 is 7.82 Å². The van der Waals surface area contributed by atoms with Crippen LogP contribution in [0, 0.1) is 0 Å². The minimum atomic E-state index is -4.29. The first-order valence-electron chi connectivity index (χ1n) is 19.7. The summed E-state index contributed by atoms with van der Waals surface area (Å²) in [5, 5.41) is 13.7. The molecule has 48 heavy (non-hydrogen) atoms. The van der Waals surface area contributed by atoms with Crippen molar-refractivity contribution >= 4 is 13.7 Å². The molecule has 0 heterocycles. The van der Waals surface area contributed by atoms with E-state index in [9.17, 15) is 19.4 Å². The van der Waals surface area contributed by atoms with Gasteiger partial charge in [-0.1, -0.05) is 141 Å². The maximum absolute atomic E-state index is 12.7. The largest absolute Gasteiger partial charge is 0.472 e. The third-order valence-electron chi connectivity index (χ3n) is 8.70. The number of rotatable bonds is 35. The molecule has 1 amide bonds. The second-order valence-corrected chi connectivity index (χ2v) is 16.1. The zero-order valence-electron chi connectivity index (χ0n) is 32.0. The molecule has 3 N–H and O–H groups in total. The SMILES string of the molecule is CCCCCCC/C=C\C/C=C\CCCCCCCCCCCC(=O)NC(COP(=O)(O)OCC[N+](C)(C)C)C(O)CCCCCCC. The second-order valence-electron chi connectivity index (χ2n) is 14.7. The highest BCUT2D eigenvalue weighted by Gasteiger charge is 2.28. The van der Waals surface area contributed by atoms with Crippen LogP contribution in [0.15, 0.2) is 24.3 Å². The van der Waals surface area contributed by atoms with Gasteiger partial charge >= 0.3 is 7.82 Å². The molecule has 0 saturated heterocycles. The predicted molar refractivity (Wildman–Crippen MR) is 203 cm³/mol. The van der Waals surface area contributed by atoms with E-state index in [1.54, 1.807) is 0 Å². The van der Waals surface area contributed by atoms with Crippen LogP contribution in [0.2, 0.25) is 0 Å². The number of nitrogens with one attached hydrogen (secondary N) is 1. The monoisotopic (exact) mass is 702 g/mol. The number of phosphoric ester groups is 1. The van der Waals surface area contributed by atoms with Gasteiger partial charge in [0.15, 0.2) is 0 Å². The summed E-state index contributed by atoms with van der Waals surface area (Å²) in [5.74, 6) is -0.157. The summed E-state index contributed by atoms with van der Waals surface area (Å²) in [6.45, 7) is 4.77. The fraction of sp³-hybridized carbons (Fsp3) is 0.872. The maximum atomic E-state index is 12.7. The summed E-state index contributed by atoms with van der Waals surface area (Å²) in [6, 6.07) is -0.756. The lowest BCUT2D eigenvalue weighted by molar-refractivity contribution is -0.870. The van der Waals surface area contributed by atoms with E-state index in [0.29, 0.717) is 23.9 Å². The maximum Gasteiger partial charge on any atom is 0.472 e. The molecule has 0 radical (unpaired) electrons. The Balaban J connectivity index is 4.14. The third kappa shape index (κ3) is 33.5. The molecule has 0 aliphatic heterocycles. The molecular weight excluding hydrogens is 623 g/mol. The van der Waals surface area contributed by atoms with Crippen molar-refractivity contribution in [1.82, 2.24) is 5.32 Å². The van der Waals surface area contributed by atoms with Crippen molar-refractivity contribution < 1.29 is 32.9 Å². The average Bonchev–Trinajstić information content (AvgIpc) is 3.02. The van der Waals surface area contributed by atoms with Gasteiger partial charge in [0.05, 0.1) is 39.9 Å². The Morgan fingerprint density at radius 3 is 1.71 bits per heavy atom. The number of phosphoric acid groups is 1. The lowest BCUT2D eigenvalue weighted by Crippen LogP contribution is -2.46. The number of nitrogens with zero attached hydrogens (tertiary/aromatic N) is 1. The second kappa shape index (κ2) is 31.9. The highest BCUT2D eigenvalue weighted by Crippen LogP contribution is 2.43. The van der Waals surface area contributed by atoms with Crippen LogP contribution in [0.3, 0.4) is 0 Å². The van der Waals surface area contributed by atoms with Crippen LogP contribution in [-0.2, 0) is 18.4 Å². The molecule has 0 aromatic carbocycles. The van der Waals surface area contributed by atoms with E-state index in [-0.39, 0.29) is 19.1 Å². The molecule has 0 aliphatic rings. The number of quaternary nitrogens is 1. The first-order valence-corrected chi connectivity index (χ1v) is 21.2. The molecule has 0 bridgehead atoms. The summed E-state index contributed by atoms with van der Waals surface area (Å²) in [7, 11) is 1.60. The summed E-state index contributed by atoms with van der Waals surface area (Å²) in [4.78, 5) is 22.9. The number of allylic oxidation sites excluding steroid dienone is 4. The van der Waals surface area contributed by atoms with E-state index in [1.165, 1.54) is 83.5 Å². The van der Waals surface area contributed by atoms with Crippen molar-refractivity contribution in [2.75, 3.05) is 40.9 Å². The molecule has 8 nitrogen and oxygen atoms in total. The van der Waals surface area contributed by atoms with Gasteiger partial charge in [0.25, 0.3) is 0 Å². The Bertz CT molecular complexity index is 845. The van der Waals surface area contributed by atoms with E-state index in [1.807, 2.05) is 21.1 Å². The molecule has 284 valence electrons. The Kier molecular flexibility index (Phi) is 31.2. The van der Waals surface area contributed by atoms with Crippen molar-refractivity contribution in [1.29, 1.82) is 0 Å². The van der Waals surface area contributed by atoms with Gasteiger partial charge in [-0.2, -0.15) is 0 Å². The topological polar surface area (TPSA) is 105 Å². The van der Waals surface area contributed by atoms with Crippen LogP contribution < -0.4 is 5.32 Å². The molecule has 3 unspecified atom stereocenters. The average molecular weight is 702 g/mol. The van der Waals surface area contributed by atoms with Gasteiger partial charge in [-0.05, 0) is 44.9 Å². The molecule has 0 spiro atoms. The quantitative estimate of drug-likeness (QED) is 0.0263. The van der Waals surface area contributed by atoms with Gasteiger partial charge in [0, 0.05) is 6.42 Å². The molecule has 0 fully saturated rings. The van der Waals surface area contributed by atoms with Gasteiger partial charge in [-0.15, -0.1) is 0 Å². The zero-order valence-corrected chi connectivity index (χ0v) is 32.9. The van der Waals surface area contributed by atoms with Crippen LogP contribution in [0.4, 0.5) is 0 Å². The summed E-state index contributed by atoms with van der Waals surface area (Å²) in [5.41, 5.74) is 0. The lowest BCUT2D eigenvalue weighted by Gasteiger charge is -2.26. The number of amides is 1. The smallest absolute Gasteiger partial charge is 0.391 e. The molecule has 0 saturated carbocycles. The molecule has 3 atom stereocenters. The first-order chi connectivity index (χ1) is 23.0. The number of unbranched alkanes of at least 4 members (excludes halogenated alkanes) is 18. The van der Waals surface area contributed by atoms with Crippen molar-refractivity contribution in [3.63, 3.8) is 0 Å². The predicted octanol–water partition coefficient (Wildman–Crippen LogP) is 10.2. The lowest BCUT2D eigenvalue weighted by atomic mass is 10.0. The summed E-state index contributed by atoms with van der Waals surface area (Å²) < 4.78 is 23.4. The van der Waals surface area contributed by atoms with Crippen LogP contribution in [0.25, 0.3) is 0 Å². The Morgan fingerprint density at radius 1 is 0.708 bits per heavy atom. The number of aliphatic hydroxyl groups is 1. The number of hydrogen-bond acceptors (Lipinski definition) is 5.